The number of para-hydroxylation sites is 2. The molecule has 0 spiro atoms. The fraction of sp³-hybridized carbons (Fsp3) is 0.0417. The van der Waals surface area contributed by atoms with Crippen molar-refractivity contribution in [2.45, 2.75) is 10.1 Å². The summed E-state index contributed by atoms with van der Waals surface area (Å²) in [4.78, 5) is 27.4. The number of amides is 1. The number of nitrogens with zero attached hydrogens (tertiary/aromatic N) is 3. The first-order chi connectivity index (χ1) is 16.1. The third kappa shape index (κ3) is 5.91. The van der Waals surface area contributed by atoms with Gasteiger partial charge in [0.15, 0.2) is 4.34 Å². The van der Waals surface area contributed by atoms with Crippen LogP contribution >= 0.6 is 23.1 Å². The molecule has 9 heteroatoms. The minimum Gasteiger partial charge on any atom is -0.267 e. The topological polar surface area (TPSA) is 97.5 Å². The second kappa shape index (κ2) is 10.7. The van der Waals surface area contributed by atoms with E-state index in [4.69, 9.17) is 0 Å². The van der Waals surface area contributed by atoms with Gasteiger partial charge in [0.25, 0.3) is 11.6 Å². The Hall–Kier alpha value is -3.82. The standard InChI is InChI=1S/C24H18N4O3S2/c29-23(27-25-15-5-7-18-6-1-3-9-21(18)28(30)31)19-13-11-17(12-14-19)16-32-24-26-20-8-2-4-10-22(20)33-24/h1-15H,16H2,(H,27,29)/b7-5+,25-15-. The van der Waals surface area contributed by atoms with Crippen molar-refractivity contribution in [1.82, 2.24) is 10.4 Å². The predicted octanol–water partition coefficient (Wildman–Crippen LogP) is 5.93. The second-order valence-corrected chi connectivity index (χ2v) is 9.08. The van der Waals surface area contributed by atoms with Crippen molar-refractivity contribution in [3.8, 4) is 0 Å². The van der Waals surface area contributed by atoms with Gasteiger partial charge in [-0.25, -0.2) is 10.4 Å². The monoisotopic (exact) mass is 474 g/mol. The Morgan fingerprint density at radius 1 is 1.09 bits per heavy atom. The van der Waals surface area contributed by atoms with Crippen LogP contribution in [0.3, 0.4) is 0 Å². The van der Waals surface area contributed by atoms with Gasteiger partial charge in [-0.1, -0.05) is 48.2 Å². The Kier molecular flexibility index (Phi) is 7.23. The van der Waals surface area contributed by atoms with E-state index in [0.717, 1.165) is 21.2 Å². The molecule has 0 saturated carbocycles. The minimum atomic E-state index is -0.445. The Labute approximate surface area is 198 Å². The van der Waals surface area contributed by atoms with Gasteiger partial charge in [-0.2, -0.15) is 5.10 Å². The van der Waals surface area contributed by atoms with Crippen LogP contribution in [0.2, 0.25) is 0 Å². The summed E-state index contributed by atoms with van der Waals surface area (Å²) in [6.45, 7) is 0. The Balaban J connectivity index is 1.28. The van der Waals surface area contributed by atoms with Crippen molar-refractivity contribution >= 4 is 57.2 Å². The number of aromatic nitrogens is 1. The molecule has 0 fully saturated rings. The number of benzene rings is 3. The minimum absolute atomic E-state index is 0.00701. The molecular weight excluding hydrogens is 456 g/mol. The first kappa shape index (κ1) is 22.4. The molecule has 4 rings (SSSR count). The number of nitro groups is 1. The zero-order valence-corrected chi connectivity index (χ0v) is 18.9. The van der Waals surface area contributed by atoms with E-state index in [-0.39, 0.29) is 11.6 Å². The molecule has 0 radical (unpaired) electrons. The first-order valence-corrected chi connectivity index (χ1v) is 11.7. The molecule has 3 aromatic carbocycles. The maximum atomic E-state index is 12.3. The molecule has 1 aromatic heterocycles. The molecular formula is C24H18N4O3S2. The fourth-order valence-corrected chi connectivity index (χ4v) is 4.98. The molecule has 0 unspecified atom stereocenters. The summed E-state index contributed by atoms with van der Waals surface area (Å²) in [6.07, 6.45) is 4.47. The van der Waals surface area contributed by atoms with E-state index in [2.05, 4.69) is 21.6 Å². The molecule has 0 saturated heterocycles. The van der Waals surface area contributed by atoms with Crippen molar-refractivity contribution in [3.63, 3.8) is 0 Å². The van der Waals surface area contributed by atoms with Crippen LogP contribution < -0.4 is 5.43 Å². The van der Waals surface area contributed by atoms with Gasteiger partial charge in [-0.05, 0) is 48.0 Å². The summed E-state index contributed by atoms with van der Waals surface area (Å²) >= 11 is 3.34. The molecule has 1 N–H and O–H groups in total. The Morgan fingerprint density at radius 3 is 2.64 bits per heavy atom. The van der Waals surface area contributed by atoms with E-state index in [1.807, 2.05) is 30.3 Å². The van der Waals surface area contributed by atoms with E-state index in [1.165, 1.54) is 23.1 Å². The lowest BCUT2D eigenvalue weighted by Gasteiger charge is -2.02. The van der Waals surface area contributed by atoms with Gasteiger partial charge in [0.05, 0.1) is 20.7 Å². The van der Waals surface area contributed by atoms with E-state index in [1.54, 1.807) is 59.5 Å². The van der Waals surface area contributed by atoms with Crippen LogP contribution in [0.25, 0.3) is 16.3 Å². The fourth-order valence-electron chi connectivity index (χ4n) is 2.96. The van der Waals surface area contributed by atoms with Crippen molar-refractivity contribution < 1.29 is 9.72 Å². The van der Waals surface area contributed by atoms with Gasteiger partial charge in [0.1, 0.15) is 0 Å². The number of hydrazone groups is 1. The lowest BCUT2D eigenvalue weighted by atomic mass is 10.1. The van der Waals surface area contributed by atoms with Crippen LogP contribution in [0.4, 0.5) is 5.69 Å². The number of allylic oxidation sites excluding steroid dienone is 1. The quantitative estimate of drug-likeness (QED) is 0.148. The van der Waals surface area contributed by atoms with E-state index in [9.17, 15) is 14.9 Å². The average Bonchev–Trinajstić information content (AvgIpc) is 3.26. The van der Waals surface area contributed by atoms with Crippen molar-refractivity contribution in [3.05, 3.63) is 106 Å². The maximum Gasteiger partial charge on any atom is 0.276 e. The molecule has 7 nitrogen and oxygen atoms in total. The number of nitrogens with one attached hydrogen (secondary N) is 1. The SMILES string of the molecule is O=C(N/N=C\C=C\c1ccccc1[N+](=O)[O-])c1ccc(CSc2nc3ccccc3s2)cc1. The first-order valence-electron chi connectivity index (χ1n) is 9.91. The summed E-state index contributed by atoms with van der Waals surface area (Å²) in [6, 6.07) is 21.8. The molecule has 4 aromatic rings. The lowest BCUT2D eigenvalue weighted by molar-refractivity contribution is -0.385. The van der Waals surface area contributed by atoms with Gasteiger partial charge >= 0.3 is 0 Å². The average molecular weight is 475 g/mol. The summed E-state index contributed by atoms with van der Waals surface area (Å²) in [5.41, 5.74) is 5.50. The van der Waals surface area contributed by atoms with E-state index in [0.29, 0.717) is 11.1 Å². The molecule has 0 atom stereocenters. The number of rotatable bonds is 8. The van der Waals surface area contributed by atoms with Crippen LogP contribution in [0, 0.1) is 10.1 Å². The van der Waals surface area contributed by atoms with E-state index < -0.39 is 4.92 Å². The lowest BCUT2D eigenvalue weighted by Crippen LogP contribution is -2.17. The predicted molar refractivity (Wildman–Crippen MR) is 134 cm³/mol. The number of nitro benzene ring substituents is 1. The van der Waals surface area contributed by atoms with Gasteiger partial charge in [0.2, 0.25) is 0 Å². The smallest absolute Gasteiger partial charge is 0.267 e. The van der Waals surface area contributed by atoms with Crippen molar-refractivity contribution in [1.29, 1.82) is 0 Å². The third-order valence-corrected chi connectivity index (χ3v) is 6.84. The highest BCUT2D eigenvalue weighted by Gasteiger charge is 2.09. The molecule has 0 aliphatic rings. The zero-order valence-electron chi connectivity index (χ0n) is 17.3. The van der Waals surface area contributed by atoms with Gasteiger partial charge < -0.3 is 0 Å². The summed E-state index contributed by atoms with van der Waals surface area (Å²) in [5.74, 6) is 0.423. The molecule has 33 heavy (non-hydrogen) atoms. The number of thioether (sulfide) groups is 1. The number of carbonyl (C=O) groups excluding carboxylic acids is 1. The van der Waals surface area contributed by atoms with Crippen molar-refractivity contribution in [2.75, 3.05) is 0 Å². The summed E-state index contributed by atoms with van der Waals surface area (Å²) < 4.78 is 2.19. The highest BCUT2D eigenvalue weighted by Crippen LogP contribution is 2.31. The highest BCUT2D eigenvalue weighted by molar-refractivity contribution is 8.00. The van der Waals surface area contributed by atoms with Gasteiger partial charge in [0, 0.05) is 23.6 Å². The van der Waals surface area contributed by atoms with Crippen LogP contribution in [0.15, 0.2) is 88.3 Å². The number of hydrogen-bond acceptors (Lipinski definition) is 7. The molecule has 1 amide bonds. The van der Waals surface area contributed by atoms with Crippen molar-refractivity contribution in [2.24, 2.45) is 5.10 Å². The third-order valence-electron chi connectivity index (χ3n) is 4.59. The van der Waals surface area contributed by atoms with Gasteiger partial charge in [-0.3, -0.25) is 14.9 Å². The van der Waals surface area contributed by atoms with Gasteiger partial charge in [-0.15, -0.1) is 11.3 Å². The number of hydrogen-bond donors (Lipinski definition) is 1. The normalized spacial score (nSPS) is 11.4. The molecule has 0 aliphatic carbocycles. The highest BCUT2D eigenvalue weighted by atomic mass is 32.2. The number of thiazole rings is 1. The Bertz CT molecular complexity index is 1310. The number of carbonyl (C=O) groups is 1. The summed E-state index contributed by atoms with van der Waals surface area (Å²) in [5, 5.41) is 14.9. The zero-order chi connectivity index (χ0) is 23.0. The summed E-state index contributed by atoms with van der Waals surface area (Å²) in [7, 11) is 0. The molecule has 0 bridgehead atoms. The number of fused-ring (bicyclic) bond motifs is 1. The largest absolute Gasteiger partial charge is 0.276 e. The van der Waals surface area contributed by atoms with Crippen LogP contribution in [0.5, 0.6) is 0 Å². The molecule has 164 valence electrons. The van der Waals surface area contributed by atoms with Crippen LogP contribution in [0.1, 0.15) is 21.5 Å². The second-order valence-electron chi connectivity index (χ2n) is 6.83. The maximum absolute atomic E-state index is 12.3. The molecule has 0 aliphatic heterocycles. The Morgan fingerprint density at radius 2 is 1.85 bits per heavy atom. The molecule has 1 heterocycles. The van der Waals surface area contributed by atoms with E-state index >= 15 is 0 Å². The van der Waals surface area contributed by atoms with Crippen LogP contribution in [-0.4, -0.2) is 22.0 Å². The van der Waals surface area contributed by atoms with Crippen LogP contribution in [-0.2, 0) is 5.75 Å².